The van der Waals surface area contributed by atoms with E-state index < -0.39 is 0 Å². The Balaban J connectivity index is 2.03. The number of hydrogen-bond acceptors (Lipinski definition) is 6. The summed E-state index contributed by atoms with van der Waals surface area (Å²) in [6.07, 6.45) is 3.51. The van der Waals surface area contributed by atoms with Crippen LogP contribution in [0.3, 0.4) is 0 Å². The van der Waals surface area contributed by atoms with Crippen LogP contribution in [0, 0.1) is 11.8 Å². The van der Waals surface area contributed by atoms with Crippen LogP contribution in [-0.4, -0.2) is 27.1 Å². The third-order valence-corrected chi connectivity index (χ3v) is 3.90. The molecule has 0 spiro atoms. The lowest BCUT2D eigenvalue weighted by Crippen LogP contribution is -2.31. The van der Waals surface area contributed by atoms with Gasteiger partial charge in [0.25, 0.3) is 0 Å². The highest BCUT2D eigenvalue weighted by molar-refractivity contribution is 5.33. The SMILES string of the molecule is CC(C)Oc1nc(N)nc(NC2CCC(C)C(C)C2)n1. The van der Waals surface area contributed by atoms with E-state index in [1.165, 1.54) is 6.42 Å². The van der Waals surface area contributed by atoms with Crippen molar-refractivity contribution >= 4 is 11.9 Å². The highest BCUT2D eigenvalue weighted by Crippen LogP contribution is 2.30. The number of aromatic nitrogens is 3. The monoisotopic (exact) mass is 279 g/mol. The van der Waals surface area contributed by atoms with Gasteiger partial charge in [0.05, 0.1) is 6.10 Å². The molecule has 6 nitrogen and oxygen atoms in total. The average molecular weight is 279 g/mol. The van der Waals surface area contributed by atoms with Gasteiger partial charge in [-0.15, -0.1) is 0 Å². The van der Waals surface area contributed by atoms with Crippen LogP contribution >= 0.6 is 0 Å². The maximum Gasteiger partial charge on any atom is 0.323 e. The van der Waals surface area contributed by atoms with Crippen LogP contribution in [0.15, 0.2) is 0 Å². The van der Waals surface area contributed by atoms with E-state index >= 15 is 0 Å². The summed E-state index contributed by atoms with van der Waals surface area (Å²) in [4.78, 5) is 12.4. The van der Waals surface area contributed by atoms with E-state index in [4.69, 9.17) is 10.5 Å². The first-order valence-electron chi connectivity index (χ1n) is 7.38. The minimum Gasteiger partial charge on any atom is -0.461 e. The number of nitrogens with two attached hydrogens (primary N) is 1. The van der Waals surface area contributed by atoms with E-state index in [1.54, 1.807) is 0 Å². The number of hydrogen-bond donors (Lipinski definition) is 2. The van der Waals surface area contributed by atoms with E-state index in [2.05, 4.69) is 34.1 Å². The highest BCUT2D eigenvalue weighted by Gasteiger charge is 2.25. The first kappa shape index (κ1) is 14.8. The van der Waals surface area contributed by atoms with Gasteiger partial charge >= 0.3 is 6.01 Å². The van der Waals surface area contributed by atoms with E-state index in [1.807, 2.05) is 13.8 Å². The van der Waals surface area contributed by atoms with Crippen LogP contribution in [0.5, 0.6) is 6.01 Å². The zero-order chi connectivity index (χ0) is 14.7. The summed E-state index contributed by atoms with van der Waals surface area (Å²) in [6.45, 7) is 8.47. The maximum absolute atomic E-state index is 5.71. The predicted molar refractivity (Wildman–Crippen MR) is 79.6 cm³/mol. The summed E-state index contributed by atoms with van der Waals surface area (Å²) in [5.74, 6) is 2.21. The van der Waals surface area contributed by atoms with Crippen LogP contribution in [0.4, 0.5) is 11.9 Å². The van der Waals surface area contributed by atoms with Crippen molar-refractivity contribution in [3.8, 4) is 6.01 Å². The van der Waals surface area contributed by atoms with Crippen molar-refractivity contribution in [2.24, 2.45) is 11.8 Å². The number of rotatable bonds is 4. The third kappa shape index (κ3) is 3.95. The van der Waals surface area contributed by atoms with Crippen molar-refractivity contribution in [2.45, 2.75) is 59.1 Å². The topological polar surface area (TPSA) is 86.0 Å². The Morgan fingerprint density at radius 2 is 1.90 bits per heavy atom. The summed E-state index contributed by atoms with van der Waals surface area (Å²) in [7, 11) is 0. The Kier molecular flexibility index (Phi) is 4.62. The molecule has 3 atom stereocenters. The number of ether oxygens (including phenoxy) is 1. The number of anilines is 2. The molecular formula is C14H25N5O. The molecule has 1 aliphatic rings. The quantitative estimate of drug-likeness (QED) is 0.880. The summed E-state index contributed by atoms with van der Waals surface area (Å²) in [5, 5.41) is 3.36. The van der Waals surface area contributed by atoms with E-state index in [9.17, 15) is 0 Å². The molecule has 1 saturated carbocycles. The molecule has 3 unspecified atom stereocenters. The van der Waals surface area contributed by atoms with Crippen molar-refractivity contribution < 1.29 is 4.74 Å². The molecule has 0 aromatic carbocycles. The van der Waals surface area contributed by atoms with Gasteiger partial charge in [-0.25, -0.2) is 0 Å². The minimum atomic E-state index is 0.0141. The van der Waals surface area contributed by atoms with Gasteiger partial charge in [0.1, 0.15) is 0 Å². The molecule has 0 bridgehead atoms. The zero-order valence-electron chi connectivity index (χ0n) is 12.8. The summed E-state index contributed by atoms with van der Waals surface area (Å²) in [6, 6.07) is 0.683. The Morgan fingerprint density at radius 3 is 2.55 bits per heavy atom. The lowest BCUT2D eigenvalue weighted by Gasteiger charge is -2.32. The molecule has 1 aromatic rings. The molecule has 1 aliphatic carbocycles. The fourth-order valence-electron chi connectivity index (χ4n) is 2.56. The summed E-state index contributed by atoms with van der Waals surface area (Å²) < 4.78 is 5.48. The largest absolute Gasteiger partial charge is 0.461 e. The van der Waals surface area contributed by atoms with Gasteiger partial charge < -0.3 is 15.8 Å². The minimum absolute atomic E-state index is 0.0141. The fraction of sp³-hybridized carbons (Fsp3) is 0.786. The average Bonchev–Trinajstić information content (AvgIpc) is 2.32. The fourth-order valence-corrected chi connectivity index (χ4v) is 2.56. The Morgan fingerprint density at radius 1 is 1.15 bits per heavy atom. The van der Waals surface area contributed by atoms with E-state index in [0.29, 0.717) is 17.9 Å². The Hall–Kier alpha value is -1.59. The van der Waals surface area contributed by atoms with Gasteiger partial charge in [-0.2, -0.15) is 15.0 Å². The number of nitrogens with one attached hydrogen (secondary N) is 1. The zero-order valence-corrected chi connectivity index (χ0v) is 12.8. The van der Waals surface area contributed by atoms with E-state index in [-0.39, 0.29) is 18.1 Å². The standard InChI is InChI=1S/C14H25N5O/c1-8(2)20-14-18-12(15)17-13(19-14)16-11-6-5-9(3)10(4)7-11/h8-11H,5-7H2,1-4H3,(H3,15,16,17,18,19). The molecule has 0 aliphatic heterocycles. The second kappa shape index (κ2) is 6.24. The molecule has 0 saturated heterocycles. The molecule has 112 valence electrons. The molecule has 6 heteroatoms. The van der Waals surface area contributed by atoms with Gasteiger partial charge in [0.2, 0.25) is 11.9 Å². The predicted octanol–water partition coefficient (Wildman–Crippen LogP) is 2.48. The van der Waals surface area contributed by atoms with Gasteiger partial charge in [-0.3, -0.25) is 0 Å². The van der Waals surface area contributed by atoms with Crippen LogP contribution in [0.2, 0.25) is 0 Å². The smallest absolute Gasteiger partial charge is 0.323 e. The van der Waals surface area contributed by atoms with Gasteiger partial charge in [0, 0.05) is 6.04 Å². The molecule has 20 heavy (non-hydrogen) atoms. The molecule has 1 heterocycles. The van der Waals surface area contributed by atoms with Crippen LogP contribution < -0.4 is 15.8 Å². The lowest BCUT2D eigenvalue weighted by molar-refractivity contribution is 0.222. The highest BCUT2D eigenvalue weighted by atomic mass is 16.5. The number of nitrogen functional groups attached to an aromatic ring is 1. The van der Waals surface area contributed by atoms with Gasteiger partial charge in [-0.05, 0) is 44.9 Å². The Bertz CT molecular complexity index is 451. The summed E-state index contributed by atoms with van der Waals surface area (Å²) in [5.41, 5.74) is 5.71. The molecule has 3 N–H and O–H groups in total. The third-order valence-electron chi connectivity index (χ3n) is 3.90. The molecule has 2 rings (SSSR count). The maximum atomic E-state index is 5.71. The Labute approximate surface area is 120 Å². The van der Waals surface area contributed by atoms with Crippen LogP contribution in [0.1, 0.15) is 47.0 Å². The summed E-state index contributed by atoms with van der Waals surface area (Å²) >= 11 is 0. The normalized spacial score (nSPS) is 26.6. The second-order valence-electron chi connectivity index (χ2n) is 6.08. The first-order chi connectivity index (χ1) is 9.44. The lowest BCUT2D eigenvalue weighted by atomic mass is 9.79. The van der Waals surface area contributed by atoms with Crippen molar-refractivity contribution in [3.63, 3.8) is 0 Å². The molecular weight excluding hydrogens is 254 g/mol. The molecule has 0 radical (unpaired) electrons. The molecule has 1 fully saturated rings. The van der Waals surface area contributed by atoms with Crippen molar-refractivity contribution in [2.75, 3.05) is 11.1 Å². The van der Waals surface area contributed by atoms with Crippen molar-refractivity contribution in [1.29, 1.82) is 0 Å². The van der Waals surface area contributed by atoms with E-state index in [0.717, 1.165) is 18.8 Å². The first-order valence-corrected chi connectivity index (χ1v) is 7.38. The number of nitrogens with zero attached hydrogens (tertiary/aromatic N) is 3. The van der Waals surface area contributed by atoms with Crippen LogP contribution in [0.25, 0.3) is 0 Å². The van der Waals surface area contributed by atoms with Crippen molar-refractivity contribution in [1.82, 2.24) is 15.0 Å². The van der Waals surface area contributed by atoms with Crippen LogP contribution in [-0.2, 0) is 0 Å². The van der Waals surface area contributed by atoms with Crippen molar-refractivity contribution in [3.05, 3.63) is 0 Å². The molecule has 0 amide bonds. The second-order valence-corrected chi connectivity index (χ2v) is 6.08. The molecule has 1 aromatic heterocycles. The van der Waals surface area contributed by atoms with Gasteiger partial charge in [-0.1, -0.05) is 13.8 Å². The van der Waals surface area contributed by atoms with Gasteiger partial charge in [0.15, 0.2) is 0 Å².